The van der Waals surface area contributed by atoms with E-state index in [4.69, 9.17) is 15.2 Å². The van der Waals surface area contributed by atoms with Gasteiger partial charge in [0.15, 0.2) is 5.82 Å². The highest BCUT2D eigenvalue weighted by Gasteiger charge is 2.21. The molecule has 2 aromatic carbocycles. The molecule has 222 valence electrons. The number of methoxy groups -OCH3 is 2. The highest BCUT2D eigenvalue weighted by atomic mass is 16.5. The largest absolute Gasteiger partial charge is 0.481 e. The zero-order valence-electron chi connectivity index (χ0n) is 24.8. The molecule has 0 radical (unpaired) electrons. The molecule has 0 fully saturated rings. The van der Waals surface area contributed by atoms with Crippen molar-refractivity contribution in [3.63, 3.8) is 0 Å². The summed E-state index contributed by atoms with van der Waals surface area (Å²) in [6.45, 7) is 5.60. The number of carbonyl (C=O) groups is 1. The van der Waals surface area contributed by atoms with Crippen LogP contribution in [0.4, 0.5) is 5.69 Å². The van der Waals surface area contributed by atoms with Crippen molar-refractivity contribution < 1.29 is 14.3 Å². The van der Waals surface area contributed by atoms with Crippen LogP contribution in [0.5, 0.6) is 11.8 Å². The first-order chi connectivity index (χ1) is 20.8. The van der Waals surface area contributed by atoms with Crippen molar-refractivity contribution in [3.05, 3.63) is 76.0 Å². The van der Waals surface area contributed by atoms with Gasteiger partial charge in [-0.25, -0.2) is 9.67 Å². The van der Waals surface area contributed by atoms with E-state index in [0.29, 0.717) is 65.0 Å². The van der Waals surface area contributed by atoms with Gasteiger partial charge in [0, 0.05) is 36.0 Å². The number of hydrogen-bond donors (Lipinski definition) is 1. The van der Waals surface area contributed by atoms with Gasteiger partial charge in [0.2, 0.25) is 17.7 Å². The van der Waals surface area contributed by atoms with Gasteiger partial charge in [-0.2, -0.15) is 15.1 Å². The maximum Gasteiger partial charge on any atom is 0.275 e. The van der Waals surface area contributed by atoms with Crippen molar-refractivity contribution in [2.45, 2.75) is 39.7 Å². The summed E-state index contributed by atoms with van der Waals surface area (Å²) in [5.41, 5.74) is 9.97. The predicted octanol–water partition coefficient (Wildman–Crippen LogP) is 4.34. The first-order valence-corrected chi connectivity index (χ1v) is 14.3. The Morgan fingerprint density at radius 1 is 0.977 bits per heavy atom. The Hall–Kier alpha value is -5.06. The van der Waals surface area contributed by atoms with Crippen molar-refractivity contribution in [1.82, 2.24) is 24.6 Å². The topological polar surface area (TPSA) is 138 Å². The number of fused-ring (bicyclic) bond motifs is 2. The maximum absolute atomic E-state index is 13.3. The number of amides is 1. The molecule has 11 nitrogen and oxygen atoms in total. The average molecular weight is 582 g/mol. The molecular weight excluding hydrogens is 546 g/mol. The van der Waals surface area contributed by atoms with Gasteiger partial charge in [0.05, 0.1) is 37.6 Å². The van der Waals surface area contributed by atoms with Gasteiger partial charge in [-0.1, -0.05) is 32.0 Å². The van der Waals surface area contributed by atoms with Crippen LogP contribution >= 0.6 is 0 Å². The first-order valence-electron chi connectivity index (χ1n) is 14.3. The van der Waals surface area contributed by atoms with Crippen molar-refractivity contribution in [2.24, 2.45) is 10.7 Å². The molecule has 0 saturated heterocycles. The summed E-state index contributed by atoms with van der Waals surface area (Å²) >= 11 is 0. The van der Waals surface area contributed by atoms with Gasteiger partial charge in [-0.05, 0) is 48.2 Å². The summed E-state index contributed by atoms with van der Waals surface area (Å²) in [6, 6.07) is 13.0. The lowest BCUT2D eigenvalue weighted by Gasteiger charge is -2.22. The van der Waals surface area contributed by atoms with E-state index in [9.17, 15) is 9.59 Å². The van der Waals surface area contributed by atoms with Gasteiger partial charge >= 0.3 is 0 Å². The van der Waals surface area contributed by atoms with E-state index < -0.39 is 0 Å². The minimum atomic E-state index is -0.267. The number of hydrogen-bond acceptors (Lipinski definition) is 9. The van der Waals surface area contributed by atoms with Crippen LogP contribution in [0.15, 0.2) is 64.0 Å². The zero-order valence-corrected chi connectivity index (χ0v) is 24.8. The zero-order chi connectivity index (χ0) is 30.5. The Morgan fingerprint density at radius 3 is 2.33 bits per heavy atom. The third kappa shape index (κ3) is 6.40. The number of nitrogens with zero attached hydrogens (tertiary/aromatic N) is 6. The number of aromatic nitrogens is 4. The fourth-order valence-corrected chi connectivity index (χ4v) is 5.11. The Kier molecular flexibility index (Phi) is 8.79. The van der Waals surface area contributed by atoms with Gasteiger partial charge < -0.3 is 20.1 Å². The van der Waals surface area contributed by atoms with Crippen LogP contribution in [0.25, 0.3) is 28.0 Å². The fourth-order valence-electron chi connectivity index (χ4n) is 5.11. The molecule has 1 aliphatic heterocycles. The lowest BCUT2D eigenvalue weighted by molar-refractivity contribution is -0.127. The third-order valence-corrected chi connectivity index (χ3v) is 7.17. The molecule has 0 saturated carbocycles. The highest BCUT2D eigenvalue weighted by molar-refractivity contribution is 6.05. The maximum atomic E-state index is 13.3. The SMILES string of the molecule is CCCN(CCC)C(=O)C1=Cc2ccc(-c3ccc4c(=O)n(Cc5nc(OC)cc(OC)n5)ncc4c3)cc2N=C(N)C1. The Labute approximate surface area is 249 Å². The van der Waals surface area contributed by atoms with Crippen LogP contribution in [0, 0.1) is 0 Å². The molecule has 0 unspecified atom stereocenters. The van der Waals surface area contributed by atoms with E-state index in [1.54, 1.807) is 18.3 Å². The quantitative estimate of drug-likeness (QED) is 0.292. The minimum absolute atomic E-state index is 0.00330. The third-order valence-electron chi connectivity index (χ3n) is 7.17. The molecule has 4 aromatic rings. The van der Waals surface area contributed by atoms with E-state index in [2.05, 4.69) is 33.9 Å². The minimum Gasteiger partial charge on any atom is -0.481 e. The molecule has 5 rings (SSSR count). The smallest absolute Gasteiger partial charge is 0.275 e. The van der Waals surface area contributed by atoms with Crippen LogP contribution in [0.3, 0.4) is 0 Å². The number of rotatable bonds is 10. The summed E-state index contributed by atoms with van der Waals surface area (Å²) in [7, 11) is 3.00. The molecular formula is C32H35N7O4. The fraction of sp³-hybridized carbons (Fsp3) is 0.312. The van der Waals surface area contributed by atoms with Crippen LogP contribution < -0.4 is 20.8 Å². The number of aliphatic imine (C=N–C) groups is 1. The average Bonchev–Trinajstić information content (AvgIpc) is 3.19. The number of amidine groups is 1. The Balaban J connectivity index is 1.44. The lowest BCUT2D eigenvalue weighted by atomic mass is 9.99. The second kappa shape index (κ2) is 12.8. The number of ether oxygens (including phenoxy) is 2. The molecule has 1 aliphatic rings. The van der Waals surface area contributed by atoms with Crippen molar-refractivity contribution >= 4 is 34.3 Å². The summed E-state index contributed by atoms with van der Waals surface area (Å²) in [5, 5.41) is 5.58. The van der Waals surface area contributed by atoms with E-state index in [0.717, 1.165) is 29.5 Å². The highest BCUT2D eigenvalue weighted by Crippen LogP contribution is 2.33. The van der Waals surface area contributed by atoms with Crippen LogP contribution in [-0.2, 0) is 11.3 Å². The standard InChI is InChI=1S/C32H35N7O4/c1-5-11-38(12-6-2)31(40)23-14-22-8-7-21(15-26(22)35-27(33)16-23)20-9-10-25-24(13-20)18-34-39(32(25)41)19-28-36-29(42-3)17-30(37-28)43-4/h7-10,13-15,17-18H,5-6,11-12,16,19H2,1-4H3,(H2,33,35). The van der Waals surface area contributed by atoms with Crippen molar-refractivity contribution in [3.8, 4) is 22.9 Å². The monoisotopic (exact) mass is 581 g/mol. The summed E-state index contributed by atoms with van der Waals surface area (Å²) < 4.78 is 11.7. The molecule has 0 spiro atoms. The van der Waals surface area contributed by atoms with E-state index in [1.165, 1.54) is 18.9 Å². The van der Waals surface area contributed by atoms with Gasteiger partial charge in [0.1, 0.15) is 12.4 Å². The molecule has 3 heterocycles. The first kappa shape index (κ1) is 29.4. The summed E-state index contributed by atoms with van der Waals surface area (Å²) in [4.78, 5) is 41.7. The lowest BCUT2D eigenvalue weighted by Crippen LogP contribution is -2.34. The van der Waals surface area contributed by atoms with Crippen LogP contribution in [0.1, 0.15) is 44.5 Å². The van der Waals surface area contributed by atoms with Gasteiger partial charge in [-0.15, -0.1) is 0 Å². The van der Waals surface area contributed by atoms with Crippen molar-refractivity contribution in [1.29, 1.82) is 0 Å². The molecule has 2 N–H and O–H groups in total. The second-order valence-electron chi connectivity index (χ2n) is 10.3. The van der Waals surface area contributed by atoms with Gasteiger partial charge in [0.25, 0.3) is 5.56 Å². The normalized spacial score (nSPS) is 12.7. The second-order valence-corrected chi connectivity index (χ2v) is 10.3. The van der Waals surface area contributed by atoms with E-state index in [1.807, 2.05) is 41.3 Å². The van der Waals surface area contributed by atoms with Crippen molar-refractivity contribution in [2.75, 3.05) is 27.3 Å². The van der Waals surface area contributed by atoms with Gasteiger partial charge in [-0.3, -0.25) is 9.59 Å². The molecule has 2 aromatic heterocycles. The Bertz CT molecular complexity index is 1770. The summed E-state index contributed by atoms with van der Waals surface area (Å²) in [6.07, 6.45) is 5.63. The molecule has 43 heavy (non-hydrogen) atoms. The van der Waals surface area contributed by atoms with E-state index >= 15 is 0 Å². The predicted molar refractivity (Wildman–Crippen MR) is 167 cm³/mol. The van der Waals surface area contributed by atoms with Crippen LogP contribution in [0.2, 0.25) is 0 Å². The number of carbonyl (C=O) groups excluding carboxylic acids is 1. The molecule has 1 amide bonds. The Morgan fingerprint density at radius 2 is 1.65 bits per heavy atom. The summed E-state index contributed by atoms with van der Waals surface area (Å²) in [5.74, 6) is 1.41. The molecule has 0 bridgehead atoms. The number of nitrogens with two attached hydrogens (primary N) is 1. The number of benzene rings is 2. The van der Waals surface area contributed by atoms with Crippen LogP contribution in [-0.4, -0.2) is 63.7 Å². The molecule has 0 aliphatic carbocycles. The molecule has 11 heteroatoms. The van der Waals surface area contributed by atoms with E-state index in [-0.39, 0.29) is 18.0 Å². The molecule has 0 atom stereocenters.